The third-order valence-corrected chi connectivity index (χ3v) is 10.1. The average Bonchev–Trinajstić information content (AvgIpc) is 3.13. The van der Waals surface area contributed by atoms with Crippen LogP contribution in [0.1, 0.15) is 224 Å². The highest BCUT2D eigenvalue weighted by molar-refractivity contribution is 6.00. The minimum Gasteiger partial charge on any atom is -0.481 e. The number of carbonyl (C=O) groups is 4. The van der Waals surface area contributed by atoms with Crippen molar-refractivity contribution in [2.24, 2.45) is 17.4 Å². The summed E-state index contributed by atoms with van der Waals surface area (Å²) < 4.78 is 0. The van der Waals surface area contributed by atoms with E-state index in [0.29, 0.717) is 11.4 Å². The molecule has 0 spiro atoms. The lowest BCUT2D eigenvalue weighted by Gasteiger charge is -2.18. The minimum atomic E-state index is -0.833. The number of benzene rings is 1. The van der Waals surface area contributed by atoms with E-state index >= 15 is 0 Å². The molecule has 9 nitrogen and oxygen atoms in total. The smallest absolute Gasteiger partial charge is 0.300 e. The molecule has 9 heteroatoms. The first-order valence-corrected chi connectivity index (χ1v) is 22.1. The molecule has 1 aromatic carbocycles. The molecule has 0 fully saturated rings. The standard InChI is InChI=1S/C43H78N4O3.C2H4O2/c1-3-5-7-9-11-13-15-17-19-21-23-25-27-29-31-37(32-30-28-26-24-22-20-18-16-14-12-10-8-6-4-2)43(50)47-40-34-38(42(45)49)33-39(35-40)46-41(48)36-44;1-2(3)4/h33-35,37H,3-32,36,44H2,1-2H3,(H2,45,49)(H,46,48)(H,47,50);1H3,(H,3,4). The Kier molecular flexibility index (Phi) is 35.0. The van der Waals surface area contributed by atoms with Gasteiger partial charge in [0.2, 0.25) is 17.7 Å². The van der Waals surface area contributed by atoms with Crippen molar-refractivity contribution in [3.63, 3.8) is 0 Å². The third-order valence-electron chi connectivity index (χ3n) is 10.1. The number of nitrogens with two attached hydrogens (primary N) is 2. The normalized spacial score (nSPS) is 10.9. The minimum absolute atomic E-state index is 0.0212. The van der Waals surface area contributed by atoms with Gasteiger partial charge in [-0.3, -0.25) is 19.2 Å². The van der Waals surface area contributed by atoms with Crippen molar-refractivity contribution in [2.45, 2.75) is 213 Å². The molecule has 0 aromatic heterocycles. The van der Waals surface area contributed by atoms with Crippen LogP contribution >= 0.6 is 0 Å². The number of aliphatic carboxylic acids is 1. The highest BCUT2D eigenvalue weighted by Crippen LogP contribution is 2.24. The lowest BCUT2D eigenvalue weighted by Crippen LogP contribution is -2.24. The monoisotopic (exact) mass is 759 g/mol. The lowest BCUT2D eigenvalue weighted by atomic mass is 9.93. The summed E-state index contributed by atoms with van der Waals surface area (Å²) in [4.78, 5) is 46.4. The van der Waals surface area contributed by atoms with Crippen LogP contribution in [0.3, 0.4) is 0 Å². The van der Waals surface area contributed by atoms with Crippen LogP contribution in [-0.2, 0) is 14.4 Å². The largest absolute Gasteiger partial charge is 0.481 e. The highest BCUT2D eigenvalue weighted by atomic mass is 16.4. The second-order valence-electron chi connectivity index (χ2n) is 15.4. The number of unbranched alkanes of at least 4 members (excludes halogenated alkanes) is 26. The number of primary amides is 1. The highest BCUT2D eigenvalue weighted by Gasteiger charge is 2.19. The number of hydrogen-bond acceptors (Lipinski definition) is 5. The first-order valence-electron chi connectivity index (χ1n) is 22.1. The van der Waals surface area contributed by atoms with Crippen LogP contribution in [0.25, 0.3) is 0 Å². The van der Waals surface area contributed by atoms with E-state index in [0.717, 1.165) is 45.4 Å². The average molecular weight is 759 g/mol. The zero-order chi connectivity index (χ0) is 40.1. The maximum atomic E-state index is 13.6. The van der Waals surface area contributed by atoms with E-state index in [1.165, 1.54) is 160 Å². The second-order valence-corrected chi connectivity index (χ2v) is 15.4. The van der Waals surface area contributed by atoms with Gasteiger partial charge in [-0.2, -0.15) is 0 Å². The van der Waals surface area contributed by atoms with Crippen LogP contribution in [-0.4, -0.2) is 35.3 Å². The molecule has 1 aromatic rings. The Morgan fingerprint density at radius 2 is 0.833 bits per heavy atom. The summed E-state index contributed by atoms with van der Waals surface area (Å²) in [5, 5.41) is 13.1. The summed E-state index contributed by atoms with van der Waals surface area (Å²) in [7, 11) is 0. The van der Waals surface area contributed by atoms with Gasteiger partial charge in [0.25, 0.3) is 5.97 Å². The van der Waals surface area contributed by atoms with E-state index in [1.807, 2.05) is 0 Å². The van der Waals surface area contributed by atoms with Gasteiger partial charge in [0.15, 0.2) is 0 Å². The number of nitrogens with one attached hydrogen (secondary N) is 2. The maximum Gasteiger partial charge on any atom is 0.300 e. The number of carboxylic acid groups (broad SMARTS) is 1. The molecular formula is C45H82N4O5. The van der Waals surface area contributed by atoms with Crippen LogP contribution in [0.4, 0.5) is 11.4 Å². The van der Waals surface area contributed by atoms with Gasteiger partial charge in [-0.15, -0.1) is 0 Å². The summed E-state index contributed by atoms with van der Waals surface area (Å²) in [5.41, 5.74) is 12.1. The Bertz CT molecular complexity index is 1060. The molecule has 0 bridgehead atoms. The van der Waals surface area contributed by atoms with Crippen LogP contribution in [0.2, 0.25) is 0 Å². The molecule has 0 unspecified atom stereocenters. The van der Waals surface area contributed by atoms with E-state index in [4.69, 9.17) is 21.4 Å². The molecule has 0 aliphatic carbocycles. The Morgan fingerprint density at radius 1 is 0.537 bits per heavy atom. The molecule has 3 amide bonds. The fourth-order valence-corrected chi connectivity index (χ4v) is 6.95. The Labute approximate surface area is 330 Å². The van der Waals surface area contributed by atoms with Gasteiger partial charge in [-0.1, -0.05) is 194 Å². The summed E-state index contributed by atoms with van der Waals surface area (Å²) in [5.74, 6) is -1.93. The molecule has 0 aliphatic heterocycles. The molecule has 0 saturated heterocycles. The van der Waals surface area contributed by atoms with Crippen molar-refractivity contribution in [2.75, 3.05) is 17.2 Å². The van der Waals surface area contributed by atoms with Crippen molar-refractivity contribution >= 4 is 35.1 Å². The summed E-state index contributed by atoms with van der Waals surface area (Å²) in [6.45, 7) is 5.45. The summed E-state index contributed by atoms with van der Waals surface area (Å²) in [6, 6.07) is 4.74. The third kappa shape index (κ3) is 32.5. The van der Waals surface area contributed by atoms with E-state index < -0.39 is 11.9 Å². The molecule has 7 N–H and O–H groups in total. The molecule has 0 heterocycles. The molecule has 0 saturated carbocycles. The first kappa shape index (κ1) is 51.1. The number of hydrogen-bond donors (Lipinski definition) is 5. The van der Waals surface area contributed by atoms with Crippen LogP contribution in [0, 0.1) is 5.92 Å². The lowest BCUT2D eigenvalue weighted by molar-refractivity contribution is -0.134. The predicted molar refractivity (Wildman–Crippen MR) is 228 cm³/mol. The molecule has 0 aliphatic rings. The molecular weight excluding hydrogens is 677 g/mol. The van der Waals surface area contributed by atoms with Gasteiger partial charge < -0.3 is 27.2 Å². The van der Waals surface area contributed by atoms with Gasteiger partial charge in [0.1, 0.15) is 0 Å². The summed E-state index contributed by atoms with van der Waals surface area (Å²) >= 11 is 0. The summed E-state index contributed by atoms with van der Waals surface area (Å²) in [6.07, 6.45) is 38.6. The fourth-order valence-electron chi connectivity index (χ4n) is 6.95. The van der Waals surface area contributed by atoms with E-state index in [9.17, 15) is 14.4 Å². The fraction of sp³-hybridized carbons (Fsp3) is 0.778. The van der Waals surface area contributed by atoms with E-state index in [1.54, 1.807) is 12.1 Å². The second kappa shape index (κ2) is 37.0. The zero-order valence-corrected chi connectivity index (χ0v) is 35.0. The number of rotatable bonds is 35. The predicted octanol–water partition coefficient (Wildman–Crippen LogP) is 12.1. The number of carbonyl (C=O) groups excluding carboxylic acids is 3. The van der Waals surface area contributed by atoms with Gasteiger partial charge in [-0.25, -0.2) is 0 Å². The molecule has 1 rings (SSSR count). The maximum absolute atomic E-state index is 13.6. The van der Waals surface area contributed by atoms with Crippen LogP contribution < -0.4 is 22.1 Å². The van der Waals surface area contributed by atoms with Crippen molar-refractivity contribution < 1.29 is 24.3 Å². The Balaban J connectivity index is 0.00000666. The van der Waals surface area contributed by atoms with Crippen molar-refractivity contribution in [3.05, 3.63) is 23.8 Å². The van der Waals surface area contributed by atoms with Crippen molar-refractivity contribution in [3.8, 4) is 0 Å². The van der Waals surface area contributed by atoms with Gasteiger partial charge >= 0.3 is 0 Å². The Hall–Kier alpha value is -2.94. The van der Waals surface area contributed by atoms with Crippen LogP contribution in [0.5, 0.6) is 0 Å². The number of amides is 3. The Morgan fingerprint density at radius 3 is 1.13 bits per heavy atom. The zero-order valence-electron chi connectivity index (χ0n) is 35.0. The number of anilines is 2. The van der Waals surface area contributed by atoms with E-state index in [-0.39, 0.29) is 29.8 Å². The van der Waals surface area contributed by atoms with E-state index in [2.05, 4.69) is 24.5 Å². The molecule has 312 valence electrons. The quantitative estimate of drug-likeness (QED) is 0.0432. The van der Waals surface area contributed by atoms with Gasteiger partial charge in [0, 0.05) is 29.8 Å². The molecule has 0 radical (unpaired) electrons. The van der Waals surface area contributed by atoms with Crippen molar-refractivity contribution in [1.29, 1.82) is 0 Å². The topological polar surface area (TPSA) is 165 Å². The van der Waals surface area contributed by atoms with Gasteiger partial charge in [0.05, 0.1) is 6.54 Å². The molecule has 54 heavy (non-hydrogen) atoms. The SMILES string of the molecule is CC(=O)O.CCCCCCCCCCCCCCCCC(CCCCCCCCCCCCCCCC)C(=O)Nc1cc(NC(=O)CN)cc(C(N)=O)c1. The van der Waals surface area contributed by atoms with Gasteiger partial charge in [-0.05, 0) is 31.0 Å². The van der Waals surface area contributed by atoms with Crippen LogP contribution in [0.15, 0.2) is 18.2 Å². The molecule has 0 atom stereocenters. The number of carboxylic acids is 1. The van der Waals surface area contributed by atoms with Crippen molar-refractivity contribution in [1.82, 2.24) is 0 Å². The first-order chi connectivity index (χ1) is 26.1.